The van der Waals surface area contributed by atoms with Gasteiger partial charge in [0, 0.05) is 69.7 Å². The van der Waals surface area contributed by atoms with Crippen molar-refractivity contribution in [3.05, 3.63) is 37.1 Å². The molecule has 0 unspecified atom stereocenters. The summed E-state index contributed by atoms with van der Waals surface area (Å²) in [5.41, 5.74) is -2.58. The van der Waals surface area contributed by atoms with Gasteiger partial charge in [-0.25, -0.2) is 9.78 Å². The lowest BCUT2D eigenvalue weighted by Gasteiger charge is -2.50. The number of unbranched alkanes of at least 4 members (excludes halogenated alkanes) is 1. The zero-order chi connectivity index (χ0) is 43.7. The van der Waals surface area contributed by atoms with Crippen LogP contribution in [0.5, 0.6) is 0 Å². The molecular formula is C45H70N4O10. The molecule has 3 aliphatic heterocycles. The Morgan fingerprint density at radius 2 is 1.63 bits per heavy atom. The van der Waals surface area contributed by atoms with E-state index >= 15 is 0 Å². The first-order chi connectivity index (χ1) is 27.7. The third kappa shape index (κ3) is 8.85. The molecule has 0 saturated carbocycles. The second-order valence-electron chi connectivity index (χ2n) is 18.3. The fourth-order valence-electron chi connectivity index (χ4n) is 10.0. The van der Waals surface area contributed by atoms with Crippen LogP contribution in [0, 0.1) is 29.6 Å². The zero-order valence-corrected chi connectivity index (χ0v) is 37.6. The van der Waals surface area contributed by atoms with Crippen molar-refractivity contribution >= 4 is 17.8 Å². The summed E-state index contributed by atoms with van der Waals surface area (Å²) < 4.78 is 39.9. The van der Waals surface area contributed by atoms with Crippen molar-refractivity contribution in [3.63, 3.8) is 0 Å². The lowest BCUT2D eigenvalue weighted by atomic mass is 9.65. The fraction of sp³-hybridized carbons (Fsp3) is 0.756. The molecule has 1 N–H and O–H groups in total. The number of imidazole rings is 1. The van der Waals surface area contributed by atoms with Crippen LogP contribution < -0.4 is 0 Å². The first-order valence-corrected chi connectivity index (χ1v) is 21.5. The molecule has 59 heavy (non-hydrogen) atoms. The maximum atomic E-state index is 14.8. The van der Waals surface area contributed by atoms with Gasteiger partial charge < -0.3 is 38.1 Å². The number of Topliss-reactive ketones (excluding diaryl/α,β-unsaturated/α-hetero) is 1. The second kappa shape index (κ2) is 18.3. The van der Waals surface area contributed by atoms with E-state index in [1.165, 1.54) is 0 Å². The summed E-state index contributed by atoms with van der Waals surface area (Å²) in [6.07, 6.45) is 5.14. The van der Waals surface area contributed by atoms with Crippen LogP contribution in [0.3, 0.4) is 0 Å². The molecule has 14 nitrogen and oxygen atoms in total. The SMILES string of the molecule is CC[C@H]1OC(=O)[C@H](C)[C@@H](O[C@H]2C[C@@](C)(OC)[C@@H](O)[C@H](C)O2)[C@H](C)[C@@H](C)[C@](C)(OC)C[C@@H](C)C(=O)[C@H](C)[C@]2(C)N(CCCCn3cnc(-c4cccnc4)c3)C(=O)O[C@]12C. The molecule has 0 spiro atoms. The topological polar surface area (TPSA) is 161 Å². The molecule has 5 rings (SSSR count). The normalized spacial score (nSPS) is 40.0. The summed E-state index contributed by atoms with van der Waals surface area (Å²) >= 11 is 0. The highest BCUT2D eigenvalue weighted by Gasteiger charge is 2.67. The Balaban J connectivity index is 1.46. The van der Waals surface area contributed by atoms with E-state index in [9.17, 15) is 19.5 Å². The molecule has 0 aromatic carbocycles. The number of ketones is 1. The number of aryl methyl sites for hydroxylation is 1. The predicted octanol–water partition coefficient (Wildman–Crippen LogP) is 6.86. The number of nitrogens with zero attached hydrogens (tertiary/aromatic N) is 4. The number of amides is 1. The Bertz CT molecular complexity index is 1760. The molecule has 0 radical (unpaired) electrons. The van der Waals surface area contributed by atoms with E-state index < -0.39 is 82.9 Å². The third-order valence-electron chi connectivity index (χ3n) is 14.8. The van der Waals surface area contributed by atoms with Crippen molar-refractivity contribution in [2.75, 3.05) is 20.8 Å². The predicted molar refractivity (Wildman–Crippen MR) is 221 cm³/mol. The van der Waals surface area contributed by atoms with E-state index in [0.29, 0.717) is 32.4 Å². The molecule has 14 atom stereocenters. The van der Waals surface area contributed by atoms with Gasteiger partial charge in [-0.2, -0.15) is 0 Å². The summed E-state index contributed by atoms with van der Waals surface area (Å²) in [7, 11) is 3.20. The van der Waals surface area contributed by atoms with Gasteiger partial charge in [0.2, 0.25) is 0 Å². The van der Waals surface area contributed by atoms with Gasteiger partial charge in [0.25, 0.3) is 0 Å². The largest absolute Gasteiger partial charge is 0.458 e. The Morgan fingerprint density at radius 1 is 0.949 bits per heavy atom. The number of hydrogen-bond acceptors (Lipinski definition) is 12. The average molecular weight is 827 g/mol. The molecule has 14 heteroatoms. The van der Waals surface area contributed by atoms with Crippen molar-refractivity contribution in [2.24, 2.45) is 29.6 Å². The number of cyclic esters (lactones) is 1. The Hall–Kier alpha value is -3.43. The van der Waals surface area contributed by atoms with Gasteiger partial charge in [-0.3, -0.25) is 19.5 Å². The maximum absolute atomic E-state index is 14.8. The van der Waals surface area contributed by atoms with E-state index in [-0.39, 0.29) is 24.0 Å². The van der Waals surface area contributed by atoms with Gasteiger partial charge in [0.1, 0.15) is 18.0 Å². The number of carbonyl (C=O) groups is 3. The van der Waals surface area contributed by atoms with Gasteiger partial charge >= 0.3 is 12.1 Å². The maximum Gasteiger partial charge on any atom is 0.411 e. The smallest absolute Gasteiger partial charge is 0.411 e. The van der Waals surface area contributed by atoms with Gasteiger partial charge in [0.05, 0.1) is 46.9 Å². The number of rotatable bonds is 11. The minimum absolute atomic E-state index is 0.0343. The fourth-order valence-corrected chi connectivity index (χ4v) is 10.0. The summed E-state index contributed by atoms with van der Waals surface area (Å²) in [5, 5.41) is 10.9. The van der Waals surface area contributed by atoms with Gasteiger partial charge in [-0.05, 0) is 91.2 Å². The molecule has 1 amide bonds. The Morgan fingerprint density at radius 3 is 2.25 bits per heavy atom. The summed E-state index contributed by atoms with van der Waals surface area (Å²) in [4.78, 5) is 53.9. The van der Waals surface area contributed by atoms with Gasteiger partial charge in [0.15, 0.2) is 11.9 Å². The van der Waals surface area contributed by atoms with Crippen LogP contribution in [0.15, 0.2) is 37.1 Å². The van der Waals surface area contributed by atoms with Gasteiger partial charge in [-0.15, -0.1) is 0 Å². The van der Waals surface area contributed by atoms with Crippen LogP contribution in [0.2, 0.25) is 0 Å². The lowest BCUT2D eigenvalue weighted by molar-refractivity contribution is -0.298. The van der Waals surface area contributed by atoms with Crippen molar-refractivity contribution in [1.29, 1.82) is 0 Å². The van der Waals surface area contributed by atoms with E-state index in [1.54, 1.807) is 58.6 Å². The van der Waals surface area contributed by atoms with Crippen LogP contribution in [0.25, 0.3) is 11.3 Å². The lowest BCUT2D eigenvalue weighted by Crippen LogP contribution is -2.66. The highest BCUT2D eigenvalue weighted by Crippen LogP contribution is 2.50. The van der Waals surface area contributed by atoms with Gasteiger partial charge in [-0.1, -0.05) is 34.6 Å². The molecule has 2 aromatic heterocycles. The van der Waals surface area contributed by atoms with Crippen LogP contribution in [0.1, 0.15) is 108 Å². The number of esters is 1. The molecular weight excluding hydrogens is 757 g/mol. The molecule has 2 aromatic rings. The number of aliphatic hydroxyl groups excluding tert-OH is 1. The number of hydrogen-bond donors (Lipinski definition) is 1. The standard InChI is InChI=1S/C45H70N4O10/c1-14-35-45(11)44(10,49(41(53)59-45)21-16-15-20-48-25-34(47-26-48)33-18-17-19-46-24-33)31(6)37(50)27(2)22-42(8,54-12)30(5)28(3)38(29(4)40(52)57-35)58-36-23-43(9,55-13)39(51)32(7)56-36/h17-19,24-32,35-36,38-39,51H,14-16,20-23H2,1-13H3/t27-,28-,29-,30-,31+,32+,35-,36+,38+,39+,42-,43-,44+,45-/m1/s1. The summed E-state index contributed by atoms with van der Waals surface area (Å²) in [6.45, 7) is 21.9. The number of fused-ring (bicyclic) bond motifs is 1. The molecule has 3 saturated heterocycles. The zero-order valence-electron chi connectivity index (χ0n) is 37.6. The van der Waals surface area contributed by atoms with Crippen LogP contribution in [-0.2, 0) is 44.6 Å². The van der Waals surface area contributed by atoms with E-state index in [2.05, 4.69) is 16.9 Å². The average Bonchev–Trinajstić information content (AvgIpc) is 3.77. The number of aromatic nitrogens is 3. The number of pyridine rings is 1. The summed E-state index contributed by atoms with van der Waals surface area (Å²) in [5.74, 6) is -3.03. The molecule has 0 bridgehead atoms. The van der Waals surface area contributed by atoms with E-state index in [0.717, 1.165) is 17.7 Å². The molecule has 3 fully saturated rings. The van der Waals surface area contributed by atoms with Crippen LogP contribution in [-0.4, -0.2) is 116 Å². The molecule has 330 valence electrons. The van der Waals surface area contributed by atoms with Crippen LogP contribution in [0.4, 0.5) is 4.79 Å². The molecule has 3 aliphatic rings. The summed E-state index contributed by atoms with van der Waals surface area (Å²) in [6, 6.07) is 3.84. The number of aliphatic hydroxyl groups is 1. The first-order valence-electron chi connectivity index (χ1n) is 21.5. The monoisotopic (exact) mass is 827 g/mol. The van der Waals surface area contributed by atoms with Crippen molar-refractivity contribution in [2.45, 2.75) is 168 Å². The Kier molecular flexibility index (Phi) is 14.4. The highest BCUT2D eigenvalue weighted by molar-refractivity contribution is 5.86. The number of ether oxygens (including phenoxy) is 6. The minimum atomic E-state index is -1.39. The first kappa shape index (κ1) is 46.6. The number of carbonyl (C=O) groups excluding carboxylic acids is 3. The Labute approximate surface area is 351 Å². The molecule has 0 aliphatic carbocycles. The van der Waals surface area contributed by atoms with E-state index in [1.807, 2.05) is 71.4 Å². The van der Waals surface area contributed by atoms with Crippen LogP contribution >= 0.6 is 0 Å². The molecule has 5 heterocycles. The minimum Gasteiger partial charge on any atom is -0.458 e. The quantitative estimate of drug-likeness (QED) is 0.186. The van der Waals surface area contributed by atoms with Crippen molar-refractivity contribution in [3.8, 4) is 11.3 Å². The van der Waals surface area contributed by atoms with Crippen molar-refractivity contribution < 1.29 is 47.9 Å². The highest BCUT2D eigenvalue weighted by atomic mass is 16.7. The second-order valence-corrected chi connectivity index (χ2v) is 18.3. The van der Waals surface area contributed by atoms with E-state index in [4.69, 9.17) is 28.4 Å². The third-order valence-corrected chi connectivity index (χ3v) is 14.8. The van der Waals surface area contributed by atoms with Crippen molar-refractivity contribution in [1.82, 2.24) is 19.4 Å². The number of methoxy groups -OCH3 is 2.